The molecule has 1 aromatic heterocycles. The van der Waals surface area contributed by atoms with Crippen molar-refractivity contribution in [2.45, 2.75) is 37.8 Å². The summed E-state index contributed by atoms with van der Waals surface area (Å²) >= 11 is 0. The number of pyridine rings is 1. The van der Waals surface area contributed by atoms with Crippen LogP contribution >= 0.6 is 0 Å². The van der Waals surface area contributed by atoms with E-state index in [0.29, 0.717) is 11.8 Å². The Balaban J connectivity index is 1.18. The van der Waals surface area contributed by atoms with Gasteiger partial charge in [-0.15, -0.1) is 0 Å². The number of ether oxygens (including phenoxy) is 3. The summed E-state index contributed by atoms with van der Waals surface area (Å²) in [7, 11) is 0. The Hall–Kier alpha value is -1.01. The van der Waals surface area contributed by atoms with Gasteiger partial charge in [-0.1, -0.05) is 6.07 Å². The van der Waals surface area contributed by atoms with E-state index in [1.165, 1.54) is 12.0 Å². The second-order valence-electron chi connectivity index (χ2n) is 7.82. The van der Waals surface area contributed by atoms with E-state index in [1.54, 1.807) is 0 Å². The van der Waals surface area contributed by atoms with Crippen LogP contribution in [0.4, 0.5) is 0 Å². The first-order chi connectivity index (χ1) is 12.3. The van der Waals surface area contributed by atoms with E-state index in [4.69, 9.17) is 14.2 Å². The minimum Gasteiger partial charge on any atom is -0.381 e. The van der Waals surface area contributed by atoms with Gasteiger partial charge >= 0.3 is 0 Å². The van der Waals surface area contributed by atoms with E-state index in [0.717, 1.165) is 71.9 Å². The SMILES string of the molecule is c1cncc(CN2CC3(C2)OCCC3CCOCC2CCOCC2)c1. The van der Waals surface area contributed by atoms with Gasteiger partial charge in [0.05, 0.1) is 5.60 Å². The Morgan fingerprint density at radius 3 is 2.88 bits per heavy atom. The summed E-state index contributed by atoms with van der Waals surface area (Å²) in [5, 5.41) is 0. The van der Waals surface area contributed by atoms with Gasteiger partial charge in [0.15, 0.2) is 0 Å². The standard InChI is InChI=1S/C20H30N2O3/c1-2-18(12-21-7-1)13-22-15-20(16-22)19(6-11-25-20)5-10-24-14-17-3-8-23-9-4-17/h1-2,7,12,17,19H,3-6,8-11,13-16H2. The predicted octanol–water partition coefficient (Wildman–Crippen LogP) is 2.51. The fourth-order valence-electron chi connectivity index (χ4n) is 4.50. The van der Waals surface area contributed by atoms with Crippen LogP contribution in [0.15, 0.2) is 24.5 Å². The molecule has 4 heterocycles. The van der Waals surface area contributed by atoms with E-state index in [9.17, 15) is 0 Å². The van der Waals surface area contributed by atoms with Crippen LogP contribution in [0.1, 0.15) is 31.2 Å². The number of nitrogens with zero attached hydrogens (tertiary/aromatic N) is 2. The normalized spacial score (nSPS) is 26.8. The molecule has 1 spiro atoms. The molecule has 0 N–H and O–H groups in total. The van der Waals surface area contributed by atoms with Crippen molar-refractivity contribution in [2.24, 2.45) is 11.8 Å². The Morgan fingerprint density at radius 1 is 1.20 bits per heavy atom. The third-order valence-corrected chi connectivity index (χ3v) is 6.02. The van der Waals surface area contributed by atoms with E-state index < -0.39 is 0 Å². The van der Waals surface area contributed by atoms with Crippen LogP contribution in [-0.4, -0.2) is 61.6 Å². The first kappa shape index (κ1) is 17.4. The van der Waals surface area contributed by atoms with E-state index in [-0.39, 0.29) is 5.60 Å². The van der Waals surface area contributed by atoms with Gasteiger partial charge in [0.1, 0.15) is 0 Å². The molecule has 3 saturated heterocycles. The van der Waals surface area contributed by atoms with E-state index in [2.05, 4.69) is 16.0 Å². The number of hydrogen-bond acceptors (Lipinski definition) is 5. The topological polar surface area (TPSA) is 43.8 Å². The van der Waals surface area contributed by atoms with Gasteiger partial charge in [0, 0.05) is 65.1 Å². The van der Waals surface area contributed by atoms with Crippen molar-refractivity contribution < 1.29 is 14.2 Å². The lowest BCUT2D eigenvalue weighted by Gasteiger charge is -2.50. The minimum absolute atomic E-state index is 0.0875. The van der Waals surface area contributed by atoms with Crippen molar-refractivity contribution >= 4 is 0 Å². The molecule has 1 aromatic rings. The summed E-state index contributed by atoms with van der Waals surface area (Å²) in [5.41, 5.74) is 1.37. The lowest BCUT2D eigenvalue weighted by atomic mass is 9.79. The van der Waals surface area contributed by atoms with Gasteiger partial charge in [-0.05, 0) is 49.1 Å². The monoisotopic (exact) mass is 346 g/mol. The summed E-state index contributed by atoms with van der Waals surface area (Å²) in [5.74, 6) is 1.34. The predicted molar refractivity (Wildman–Crippen MR) is 95.3 cm³/mol. The smallest absolute Gasteiger partial charge is 0.0964 e. The molecule has 0 bridgehead atoms. The molecule has 0 saturated carbocycles. The maximum Gasteiger partial charge on any atom is 0.0964 e. The van der Waals surface area contributed by atoms with Crippen molar-refractivity contribution in [1.29, 1.82) is 0 Å². The number of likely N-dealkylation sites (tertiary alicyclic amines) is 1. The highest BCUT2D eigenvalue weighted by molar-refractivity contribution is 5.12. The molecule has 4 rings (SSSR count). The highest BCUT2D eigenvalue weighted by Crippen LogP contribution is 2.42. The molecule has 0 aliphatic carbocycles. The van der Waals surface area contributed by atoms with Crippen LogP contribution < -0.4 is 0 Å². The molecule has 3 aliphatic heterocycles. The van der Waals surface area contributed by atoms with E-state index >= 15 is 0 Å². The second-order valence-corrected chi connectivity index (χ2v) is 7.82. The van der Waals surface area contributed by atoms with Crippen molar-refractivity contribution in [3.8, 4) is 0 Å². The molecule has 3 fully saturated rings. The fourth-order valence-corrected chi connectivity index (χ4v) is 4.50. The molecule has 5 heteroatoms. The van der Waals surface area contributed by atoms with Gasteiger partial charge < -0.3 is 14.2 Å². The molecule has 0 radical (unpaired) electrons. The van der Waals surface area contributed by atoms with Crippen LogP contribution in [0.2, 0.25) is 0 Å². The molecule has 1 atom stereocenters. The zero-order valence-corrected chi connectivity index (χ0v) is 15.1. The average molecular weight is 346 g/mol. The van der Waals surface area contributed by atoms with Crippen LogP contribution in [0.3, 0.4) is 0 Å². The van der Waals surface area contributed by atoms with Gasteiger partial charge in [-0.2, -0.15) is 0 Å². The third-order valence-electron chi connectivity index (χ3n) is 6.02. The van der Waals surface area contributed by atoms with Gasteiger partial charge in [0.25, 0.3) is 0 Å². The third kappa shape index (κ3) is 4.22. The quantitative estimate of drug-likeness (QED) is 0.710. The molecule has 0 aromatic carbocycles. The fraction of sp³-hybridized carbons (Fsp3) is 0.750. The van der Waals surface area contributed by atoms with Crippen molar-refractivity contribution in [3.63, 3.8) is 0 Å². The van der Waals surface area contributed by atoms with Gasteiger partial charge in [0.2, 0.25) is 0 Å². The average Bonchev–Trinajstić information content (AvgIpc) is 3.04. The van der Waals surface area contributed by atoms with Crippen molar-refractivity contribution in [1.82, 2.24) is 9.88 Å². The first-order valence-electron chi connectivity index (χ1n) is 9.75. The van der Waals surface area contributed by atoms with Crippen LogP contribution in [0.25, 0.3) is 0 Å². The zero-order valence-electron chi connectivity index (χ0n) is 15.1. The molecule has 1 unspecified atom stereocenters. The maximum absolute atomic E-state index is 6.17. The molecule has 5 nitrogen and oxygen atoms in total. The van der Waals surface area contributed by atoms with Crippen molar-refractivity contribution in [2.75, 3.05) is 46.1 Å². The lowest BCUT2D eigenvalue weighted by molar-refractivity contribution is -0.139. The minimum atomic E-state index is 0.0875. The summed E-state index contributed by atoms with van der Waals surface area (Å²) in [4.78, 5) is 6.68. The van der Waals surface area contributed by atoms with Crippen molar-refractivity contribution in [3.05, 3.63) is 30.1 Å². The van der Waals surface area contributed by atoms with E-state index in [1.807, 2.05) is 18.5 Å². The van der Waals surface area contributed by atoms with Crippen LogP contribution in [0.5, 0.6) is 0 Å². The summed E-state index contributed by atoms with van der Waals surface area (Å²) < 4.78 is 17.6. The molecular weight excluding hydrogens is 316 g/mol. The van der Waals surface area contributed by atoms with Crippen LogP contribution in [0, 0.1) is 11.8 Å². The highest BCUT2D eigenvalue weighted by atomic mass is 16.5. The largest absolute Gasteiger partial charge is 0.381 e. The Bertz CT molecular complexity index is 527. The number of hydrogen-bond donors (Lipinski definition) is 0. The Kier molecular flexibility index (Phi) is 5.66. The van der Waals surface area contributed by atoms with Crippen LogP contribution in [-0.2, 0) is 20.8 Å². The lowest BCUT2D eigenvalue weighted by Crippen LogP contribution is -2.64. The van der Waals surface area contributed by atoms with Gasteiger partial charge in [-0.25, -0.2) is 0 Å². The molecular formula is C20H30N2O3. The summed E-state index contributed by atoms with van der Waals surface area (Å²) in [6.45, 7) is 7.56. The summed E-state index contributed by atoms with van der Waals surface area (Å²) in [6, 6.07) is 4.16. The van der Waals surface area contributed by atoms with Gasteiger partial charge in [-0.3, -0.25) is 9.88 Å². The molecule has 3 aliphatic rings. The maximum atomic E-state index is 6.17. The second kappa shape index (κ2) is 8.12. The number of aromatic nitrogens is 1. The molecule has 138 valence electrons. The first-order valence-corrected chi connectivity index (χ1v) is 9.75. The Labute approximate surface area is 150 Å². The number of rotatable bonds is 7. The summed E-state index contributed by atoms with van der Waals surface area (Å²) in [6.07, 6.45) is 8.41. The highest BCUT2D eigenvalue weighted by Gasteiger charge is 2.52. The molecule has 25 heavy (non-hydrogen) atoms. The Morgan fingerprint density at radius 2 is 2.08 bits per heavy atom. The molecule has 0 amide bonds. The zero-order chi connectivity index (χ0) is 17.0.